The molecule has 2 aromatic heterocycles. The van der Waals surface area contributed by atoms with E-state index in [9.17, 15) is 4.79 Å². The number of amides is 1. The highest BCUT2D eigenvalue weighted by Gasteiger charge is 2.09. The van der Waals surface area contributed by atoms with Crippen LogP contribution in [0.25, 0.3) is 0 Å². The Kier molecular flexibility index (Phi) is 5.36. The minimum Gasteiger partial charge on any atom is -0.305 e. The third-order valence-electron chi connectivity index (χ3n) is 3.56. The summed E-state index contributed by atoms with van der Waals surface area (Å²) in [5.41, 5.74) is 2.51. The van der Waals surface area contributed by atoms with Crippen molar-refractivity contribution in [3.8, 4) is 12.1 Å². The minimum absolute atomic E-state index is 0.0860. The molecule has 0 fully saturated rings. The quantitative estimate of drug-likeness (QED) is 0.750. The molecule has 27 heavy (non-hydrogen) atoms. The molecule has 0 radical (unpaired) electrons. The van der Waals surface area contributed by atoms with Crippen LogP contribution in [0.15, 0.2) is 48.9 Å². The summed E-state index contributed by atoms with van der Waals surface area (Å²) in [4.78, 5) is 24.0. The molecule has 2 heterocycles. The largest absolute Gasteiger partial charge is 0.305 e. The van der Waals surface area contributed by atoms with Crippen molar-refractivity contribution < 1.29 is 4.79 Å². The van der Waals surface area contributed by atoms with Gasteiger partial charge in [-0.1, -0.05) is 17.7 Å². The topological polar surface area (TPSA) is 115 Å². The molecule has 0 unspecified atom stereocenters. The molecule has 7 nitrogen and oxygen atoms in total. The number of aromatic nitrogens is 3. The van der Waals surface area contributed by atoms with Gasteiger partial charge in [-0.15, -0.1) is 0 Å². The Morgan fingerprint density at radius 1 is 1.00 bits per heavy atom. The lowest BCUT2D eigenvalue weighted by Gasteiger charge is -2.06. The fraction of sp³-hybridized carbons (Fsp3) is 0.0526. The van der Waals surface area contributed by atoms with Crippen molar-refractivity contribution in [1.29, 1.82) is 10.5 Å². The van der Waals surface area contributed by atoms with Gasteiger partial charge in [-0.25, -0.2) is 15.0 Å². The lowest BCUT2D eigenvalue weighted by Crippen LogP contribution is -2.15. The molecule has 0 aliphatic heterocycles. The van der Waals surface area contributed by atoms with Gasteiger partial charge >= 0.3 is 0 Å². The molecule has 8 heteroatoms. The zero-order valence-electron chi connectivity index (χ0n) is 13.8. The van der Waals surface area contributed by atoms with E-state index in [2.05, 4.69) is 26.3 Å². The average molecular weight is 375 g/mol. The van der Waals surface area contributed by atoms with E-state index >= 15 is 0 Å². The molecule has 0 saturated carbocycles. The Labute approximate surface area is 159 Å². The zero-order chi connectivity index (χ0) is 19.2. The molecule has 0 aliphatic carbocycles. The van der Waals surface area contributed by atoms with Crippen molar-refractivity contribution in [3.63, 3.8) is 0 Å². The van der Waals surface area contributed by atoms with Gasteiger partial charge in [-0.3, -0.25) is 4.79 Å². The molecule has 1 amide bonds. The van der Waals surface area contributed by atoms with E-state index in [1.54, 1.807) is 30.5 Å². The molecule has 130 valence electrons. The first-order chi connectivity index (χ1) is 13.1. The van der Waals surface area contributed by atoms with Crippen LogP contribution in [0.5, 0.6) is 0 Å². The van der Waals surface area contributed by atoms with Gasteiger partial charge in [0, 0.05) is 11.2 Å². The van der Waals surface area contributed by atoms with Gasteiger partial charge in [0.15, 0.2) is 5.69 Å². The van der Waals surface area contributed by atoms with Gasteiger partial charge in [-0.2, -0.15) is 10.5 Å². The molecule has 3 rings (SSSR count). The van der Waals surface area contributed by atoms with Crippen LogP contribution in [0.4, 0.5) is 5.82 Å². The fourth-order valence-corrected chi connectivity index (χ4v) is 2.60. The predicted octanol–water partition coefficient (Wildman–Crippen LogP) is 3.11. The van der Waals surface area contributed by atoms with Crippen LogP contribution < -0.4 is 5.32 Å². The minimum atomic E-state index is -0.472. The van der Waals surface area contributed by atoms with E-state index < -0.39 is 5.91 Å². The molecular formula is C19H11ClN6O. The standard InChI is InChI=1S/C19H11ClN6O/c20-15-5-13(4-14(6-15)7-21)3-12-1-2-18(25-9-12)26-19(27)17-11-23-16(8-22)10-24-17/h1-2,4-6,9-11H,3H2,(H,25,26,27). The Morgan fingerprint density at radius 3 is 2.48 bits per heavy atom. The van der Waals surface area contributed by atoms with E-state index in [0.29, 0.717) is 22.8 Å². The summed E-state index contributed by atoms with van der Waals surface area (Å²) in [7, 11) is 0. The first kappa shape index (κ1) is 18.0. The zero-order valence-corrected chi connectivity index (χ0v) is 14.6. The number of pyridine rings is 1. The van der Waals surface area contributed by atoms with E-state index in [4.69, 9.17) is 22.1 Å². The first-order valence-electron chi connectivity index (χ1n) is 7.75. The molecule has 0 aliphatic rings. The second-order valence-corrected chi connectivity index (χ2v) is 5.98. The number of halogens is 1. The van der Waals surface area contributed by atoms with E-state index in [0.717, 1.165) is 11.1 Å². The van der Waals surface area contributed by atoms with Crippen LogP contribution in [0, 0.1) is 22.7 Å². The highest BCUT2D eigenvalue weighted by molar-refractivity contribution is 6.30. The van der Waals surface area contributed by atoms with Gasteiger partial charge in [-0.05, 0) is 41.8 Å². The predicted molar refractivity (Wildman–Crippen MR) is 97.9 cm³/mol. The van der Waals surface area contributed by atoms with Crippen LogP contribution in [0.2, 0.25) is 5.02 Å². The number of hydrogen-bond donors (Lipinski definition) is 1. The third kappa shape index (κ3) is 4.63. The summed E-state index contributed by atoms with van der Waals surface area (Å²) in [6, 6.07) is 12.6. The number of benzene rings is 1. The normalized spacial score (nSPS) is 9.89. The van der Waals surface area contributed by atoms with Gasteiger partial charge in [0.2, 0.25) is 0 Å². The maximum absolute atomic E-state index is 12.1. The smallest absolute Gasteiger partial charge is 0.277 e. The number of nitrogens with zero attached hydrogens (tertiary/aromatic N) is 5. The van der Waals surface area contributed by atoms with E-state index in [-0.39, 0.29) is 11.4 Å². The van der Waals surface area contributed by atoms with Crippen molar-refractivity contribution in [2.45, 2.75) is 6.42 Å². The van der Waals surface area contributed by atoms with Gasteiger partial charge < -0.3 is 5.32 Å². The summed E-state index contributed by atoms with van der Waals surface area (Å²) in [6.45, 7) is 0. The van der Waals surface area contributed by atoms with Crippen LogP contribution in [0.3, 0.4) is 0 Å². The number of nitriles is 2. The SMILES string of the molecule is N#Cc1cc(Cl)cc(Cc2ccc(NC(=O)c3cnc(C#N)cn3)nc2)c1. The molecule has 0 atom stereocenters. The molecule has 1 N–H and O–H groups in total. The summed E-state index contributed by atoms with van der Waals surface area (Å²) in [5, 5.41) is 20.8. The number of carbonyl (C=O) groups excluding carboxylic acids is 1. The first-order valence-corrected chi connectivity index (χ1v) is 8.13. The van der Waals surface area contributed by atoms with Gasteiger partial charge in [0.1, 0.15) is 17.6 Å². The van der Waals surface area contributed by atoms with Crippen molar-refractivity contribution in [2.24, 2.45) is 0 Å². The molecule has 0 bridgehead atoms. The van der Waals surface area contributed by atoms with Crippen LogP contribution in [-0.4, -0.2) is 20.9 Å². The average Bonchev–Trinajstić information content (AvgIpc) is 2.69. The monoisotopic (exact) mass is 374 g/mol. The summed E-state index contributed by atoms with van der Waals surface area (Å²) < 4.78 is 0. The number of carbonyl (C=O) groups is 1. The maximum atomic E-state index is 12.1. The lowest BCUT2D eigenvalue weighted by atomic mass is 10.0. The van der Waals surface area contributed by atoms with E-state index in [1.165, 1.54) is 12.4 Å². The molecule has 3 aromatic rings. The van der Waals surface area contributed by atoms with Crippen LogP contribution in [-0.2, 0) is 6.42 Å². The molecule has 0 spiro atoms. The molecule has 1 aromatic carbocycles. The Balaban J connectivity index is 1.68. The Bertz CT molecular complexity index is 1070. The lowest BCUT2D eigenvalue weighted by molar-refractivity contribution is 0.102. The second-order valence-electron chi connectivity index (χ2n) is 5.54. The fourth-order valence-electron chi connectivity index (χ4n) is 2.34. The van der Waals surface area contributed by atoms with Gasteiger partial charge in [0.25, 0.3) is 5.91 Å². The Hall–Kier alpha value is -3.81. The summed E-state index contributed by atoms with van der Waals surface area (Å²) in [6.07, 6.45) is 4.64. The van der Waals surface area contributed by atoms with Crippen molar-refractivity contribution in [3.05, 3.63) is 82.0 Å². The number of nitrogens with one attached hydrogen (secondary N) is 1. The Morgan fingerprint density at radius 2 is 1.85 bits per heavy atom. The third-order valence-corrected chi connectivity index (χ3v) is 3.78. The molecular weight excluding hydrogens is 364 g/mol. The molecule has 0 saturated heterocycles. The highest BCUT2D eigenvalue weighted by Crippen LogP contribution is 2.18. The highest BCUT2D eigenvalue weighted by atomic mass is 35.5. The summed E-state index contributed by atoms with van der Waals surface area (Å²) in [5.74, 6) is -0.112. The van der Waals surface area contributed by atoms with Crippen LogP contribution in [0.1, 0.15) is 32.9 Å². The second kappa shape index (κ2) is 8.05. The number of anilines is 1. The van der Waals surface area contributed by atoms with E-state index in [1.807, 2.05) is 12.1 Å². The van der Waals surface area contributed by atoms with Crippen molar-refractivity contribution >= 4 is 23.3 Å². The van der Waals surface area contributed by atoms with Crippen LogP contribution >= 0.6 is 11.6 Å². The maximum Gasteiger partial charge on any atom is 0.277 e. The summed E-state index contributed by atoms with van der Waals surface area (Å²) >= 11 is 6.01. The van der Waals surface area contributed by atoms with Crippen molar-refractivity contribution in [1.82, 2.24) is 15.0 Å². The van der Waals surface area contributed by atoms with Gasteiger partial charge in [0.05, 0.1) is 24.0 Å². The number of hydrogen-bond acceptors (Lipinski definition) is 6. The number of rotatable bonds is 4. The van der Waals surface area contributed by atoms with Crippen molar-refractivity contribution in [2.75, 3.05) is 5.32 Å².